The summed E-state index contributed by atoms with van der Waals surface area (Å²) >= 11 is 0. The van der Waals surface area contributed by atoms with E-state index < -0.39 is 0 Å². The zero-order chi connectivity index (χ0) is 9.68. The lowest BCUT2D eigenvalue weighted by Crippen LogP contribution is -1.63. The normalized spacial score (nSPS) is 11.5. The average Bonchev–Trinajstić information content (AvgIpc) is 2.85. The summed E-state index contributed by atoms with van der Waals surface area (Å²) in [6.45, 7) is 4.02. The Labute approximate surface area is 79.6 Å². The van der Waals surface area contributed by atoms with Gasteiger partial charge in [-0.1, -0.05) is 29.8 Å². The molecule has 0 aliphatic heterocycles. The summed E-state index contributed by atoms with van der Waals surface area (Å²) in [4.78, 5) is 0. The Hall–Kier alpha value is -1.37. The van der Waals surface area contributed by atoms with E-state index >= 15 is 0 Å². The van der Waals surface area contributed by atoms with Crippen molar-refractivity contribution in [3.63, 3.8) is 0 Å². The van der Waals surface area contributed by atoms with Gasteiger partial charge in [-0.3, -0.25) is 0 Å². The molecule has 0 fully saturated rings. The Bertz CT molecular complexity index is 323. The highest BCUT2D eigenvalue weighted by molar-refractivity contribution is 5.67. The van der Waals surface area contributed by atoms with Crippen LogP contribution in [0.3, 0.4) is 0 Å². The maximum Gasteiger partial charge on any atom is 0.0174 e. The van der Waals surface area contributed by atoms with Gasteiger partial charge in [0, 0.05) is 6.21 Å². The maximum atomic E-state index is 6.39. The number of hydrogen-bond acceptors (Lipinski definition) is 1. The molecule has 0 heterocycles. The van der Waals surface area contributed by atoms with E-state index in [0.717, 1.165) is 0 Å². The summed E-state index contributed by atoms with van der Waals surface area (Å²) < 4.78 is 0. The molecule has 1 aromatic rings. The van der Waals surface area contributed by atoms with Crippen molar-refractivity contribution in [1.29, 1.82) is 5.41 Å². The first kappa shape index (κ1) is 9.72. The number of allylic oxidation sites excluding steroid dienone is 2. The van der Waals surface area contributed by atoms with Gasteiger partial charge in [0.1, 0.15) is 0 Å². The molecular formula is C12H15N. The smallest absolute Gasteiger partial charge is 0.0174 e. The summed E-state index contributed by atoms with van der Waals surface area (Å²) in [6, 6.07) is 6.64. The van der Waals surface area contributed by atoms with Crippen molar-refractivity contribution in [2.75, 3.05) is 0 Å². The summed E-state index contributed by atoms with van der Waals surface area (Å²) in [5.41, 5.74) is 4.47. The van der Waals surface area contributed by atoms with Gasteiger partial charge in [-0.25, -0.2) is 0 Å². The van der Waals surface area contributed by atoms with Gasteiger partial charge in [-0.15, -0.1) is 0 Å². The summed E-state index contributed by atoms with van der Waals surface area (Å²) in [5.74, 6) is 0. The molecule has 1 aliphatic rings. The third-order valence-corrected chi connectivity index (χ3v) is 1.91. The van der Waals surface area contributed by atoms with Gasteiger partial charge in [-0.2, -0.15) is 0 Å². The first-order valence-corrected chi connectivity index (χ1v) is 4.48. The van der Waals surface area contributed by atoms with E-state index in [0.29, 0.717) is 0 Å². The molecule has 0 atom stereocenters. The molecule has 1 aromatic carbocycles. The highest BCUT2D eigenvalue weighted by atomic mass is 14.3. The second-order valence-corrected chi connectivity index (χ2v) is 3.14. The van der Waals surface area contributed by atoms with Gasteiger partial charge < -0.3 is 5.41 Å². The fourth-order valence-corrected chi connectivity index (χ4v) is 1.12. The largest absolute Gasteiger partial charge is 0.309 e. The molecule has 2 rings (SSSR count). The van der Waals surface area contributed by atoms with Crippen LogP contribution in [0.25, 0.3) is 0 Å². The standard InChI is InChI=1S/C8H8.C4H7N/c1-6-2-3-7-5-8(7)4-6;1-2-3-4-5/h2-4H,5H2,1H3;2-5H,1H3/b;3-2-,5-4?. The van der Waals surface area contributed by atoms with Crippen molar-refractivity contribution in [1.82, 2.24) is 0 Å². The van der Waals surface area contributed by atoms with Crippen LogP contribution in [0.1, 0.15) is 23.6 Å². The van der Waals surface area contributed by atoms with Crippen molar-refractivity contribution in [2.45, 2.75) is 20.3 Å². The van der Waals surface area contributed by atoms with E-state index in [9.17, 15) is 0 Å². The zero-order valence-corrected chi connectivity index (χ0v) is 8.17. The molecule has 0 saturated heterocycles. The molecule has 0 aromatic heterocycles. The summed E-state index contributed by atoms with van der Waals surface area (Å²) in [7, 11) is 0. The van der Waals surface area contributed by atoms with E-state index in [1.54, 1.807) is 11.6 Å². The van der Waals surface area contributed by atoms with Gasteiger partial charge in [0.15, 0.2) is 0 Å². The molecule has 1 heteroatoms. The van der Waals surface area contributed by atoms with Gasteiger partial charge in [0.25, 0.3) is 0 Å². The molecule has 0 bridgehead atoms. The molecule has 1 N–H and O–H groups in total. The van der Waals surface area contributed by atoms with Crippen LogP contribution in [0.5, 0.6) is 0 Å². The van der Waals surface area contributed by atoms with Gasteiger partial charge in [-0.05, 0) is 37.5 Å². The Morgan fingerprint density at radius 3 is 2.46 bits per heavy atom. The molecular weight excluding hydrogens is 158 g/mol. The second-order valence-electron chi connectivity index (χ2n) is 3.14. The number of aryl methyl sites for hydroxylation is 1. The van der Waals surface area contributed by atoms with Crippen LogP contribution in [0.2, 0.25) is 0 Å². The van der Waals surface area contributed by atoms with Crippen LogP contribution in [0.15, 0.2) is 30.4 Å². The third-order valence-electron chi connectivity index (χ3n) is 1.91. The monoisotopic (exact) mass is 173 g/mol. The van der Waals surface area contributed by atoms with Crippen LogP contribution in [-0.2, 0) is 6.42 Å². The number of rotatable bonds is 1. The molecule has 0 radical (unpaired) electrons. The predicted molar refractivity (Wildman–Crippen MR) is 57.6 cm³/mol. The van der Waals surface area contributed by atoms with E-state index in [2.05, 4.69) is 25.1 Å². The lowest BCUT2D eigenvalue weighted by atomic mass is 10.2. The predicted octanol–water partition coefficient (Wildman–Crippen LogP) is 3.11. The van der Waals surface area contributed by atoms with Gasteiger partial charge >= 0.3 is 0 Å². The van der Waals surface area contributed by atoms with E-state index in [1.165, 1.54) is 23.8 Å². The van der Waals surface area contributed by atoms with Crippen LogP contribution in [0, 0.1) is 12.3 Å². The van der Waals surface area contributed by atoms with Crippen molar-refractivity contribution >= 4 is 6.21 Å². The number of nitrogens with one attached hydrogen (secondary N) is 1. The fraction of sp³-hybridized carbons (Fsp3) is 0.250. The molecule has 68 valence electrons. The molecule has 0 unspecified atom stereocenters. The minimum Gasteiger partial charge on any atom is -0.309 e. The third kappa shape index (κ3) is 3.24. The highest BCUT2D eigenvalue weighted by Crippen LogP contribution is 2.27. The Balaban J connectivity index is 0.000000149. The van der Waals surface area contributed by atoms with Gasteiger partial charge in [0.05, 0.1) is 0 Å². The second kappa shape index (κ2) is 4.61. The lowest BCUT2D eigenvalue weighted by molar-refractivity contribution is 1.48. The minimum atomic E-state index is 1.24. The summed E-state index contributed by atoms with van der Waals surface area (Å²) in [5, 5.41) is 6.39. The van der Waals surface area contributed by atoms with E-state index in [4.69, 9.17) is 5.41 Å². The zero-order valence-electron chi connectivity index (χ0n) is 8.17. The molecule has 1 nitrogen and oxygen atoms in total. The SMILES string of the molecule is C/C=C\C=N.Cc1ccc2c(c1)C2. The first-order valence-electron chi connectivity index (χ1n) is 4.48. The quantitative estimate of drug-likeness (QED) is 0.641. The van der Waals surface area contributed by atoms with Crippen LogP contribution in [0.4, 0.5) is 0 Å². The van der Waals surface area contributed by atoms with Crippen LogP contribution >= 0.6 is 0 Å². The van der Waals surface area contributed by atoms with E-state index in [1.807, 2.05) is 13.0 Å². The van der Waals surface area contributed by atoms with Crippen molar-refractivity contribution in [3.05, 3.63) is 47.0 Å². The number of hydrogen-bond donors (Lipinski definition) is 1. The minimum absolute atomic E-state index is 1.24. The fourth-order valence-electron chi connectivity index (χ4n) is 1.12. The Kier molecular flexibility index (Phi) is 3.44. The van der Waals surface area contributed by atoms with Crippen molar-refractivity contribution in [2.24, 2.45) is 0 Å². The van der Waals surface area contributed by atoms with Gasteiger partial charge in [0.2, 0.25) is 0 Å². The molecule has 13 heavy (non-hydrogen) atoms. The Morgan fingerprint density at radius 1 is 1.31 bits per heavy atom. The molecule has 0 saturated carbocycles. The maximum absolute atomic E-state index is 6.39. The van der Waals surface area contributed by atoms with Crippen molar-refractivity contribution < 1.29 is 0 Å². The first-order chi connectivity index (χ1) is 6.27. The summed E-state index contributed by atoms with van der Waals surface area (Å²) in [6.07, 6.45) is 5.97. The lowest BCUT2D eigenvalue weighted by Gasteiger charge is -1.82. The number of fused-ring (bicyclic) bond motifs is 1. The van der Waals surface area contributed by atoms with Crippen molar-refractivity contribution in [3.8, 4) is 0 Å². The Morgan fingerprint density at radius 2 is 2.08 bits per heavy atom. The topological polar surface area (TPSA) is 23.9 Å². The molecule has 0 amide bonds. The molecule has 1 aliphatic carbocycles. The molecule has 0 spiro atoms. The number of benzene rings is 1. The van der Waals surface area contributed by atoms with Crippen LogP contribution < -0.4 is 0 Å². The average molecular weight is 173 g/mol. The van der Waals surface area contributed by atoms with Crippen LogP contribution in [-0.4, -0.2) is 6.21 Å². The van der Waals surface area contributed by atoms with E-state index in [-0.39, 0.29) is 0 Å². The highest BCUT2D eigenvalue weighted by Gasteiger charge is 2.14.